The number of benzene rings is 1. The number of nitrogens with one attached hydrogen (secondary N) is 2. The van der Waals surface area contributed by atoms with Crippen LogP contribution in [0.1, 0.15) is 44.2 Å². The second-order valence-corrected chi connectivity index (χ2v) is 5.36. The fraction of sp³-hybridized carbons (Fsp3) is 0.562. The molecular formula is C16H25N3. The van der Waals surface area contributed by atoms with Crippen LogP contribution < -0.4 is 10.6 Å². The van der Waals surface area contributed by atoms with Crippen LogP contribution in [0.25, 0.3) is 0 Å². The second-order valence-electron chi connectivity index (χ2n) is 5.36. The summed E-state index contributed by atoms with van der Waals surface area (Å²) in [6.07, 6.45) is 5.49. The number of aliphatic imine (C=N–C) groups is 1. The largest absolute Gasteiger partial charge is 0.356 e. The Kier molecular flexibility index (Phi) is 5.25. The van der Waals surface area contributed by atoms with Crippen molar-refractivity contribution in [3.63, 3.8) is 0 Å². The Morgan fingerprint density at radius 1 is 1.32 bits per heavy atom. The van der Waals surface area contributed by atoms with Gasteiger partial charge in [-0.15, -0.1) is 0 Å². The maximum Gasteiger partial charge on any atom is 0.191 e. The Bertz CT molecular complexity index is 396. The number of hydrogen-bond donors (Lipinski definition) is 2. The fourth-order valence-corrected chi connectivity index (χ4v) is 2.23. The van der Waals surface area contributed by atoms with Crippen molar-refractivity contribution in [3.8, 4) is 0 Å². The van der Waals surface area contributed by atoms with Gasteiger partial charge in [0.2, 0.25) is 0 Å². The Morgan fingerprint density at radius 2 is 2.05 bits per heavy atom. The van der Waals surface area contributed by atoms with Crippen LogP contribution in [0.2, 0.25) is 0 Å². The fourth-order valence-electron chi connectivity index (χ4n) is 2.23. The van der Waals surface area contributed by atoms with Gasteiger partial charge in [0.05, 0.1) is 6.04 Å². The van der Waals surface area contributed by atoms with Gasteiger partial charge in [0.15, 0.2) is 5.96 Å². The van der Waals surface area contributed by atoms with Crippen molar-refractivity contribution in [2.75, 3.05) is 13.6 Å². The third-order valence-corrected chi connectivity index (χ3v) is 3.65. The Balaban J connectivity index is 1.71. The van der Waals surface area contributed by atoms with E-state index in [4.69, 9.17) is 0 Å². The van der Waals surface area contributed by atoms with Crippen LogP contribution in [0.3, 0.4) is 0 Å². The summed E-state index contributed by atoms with van der Waals surface area (Å²) in [5.74, 6) is 1.91. The van der Waals surface area contributed by atoms with E-state index in [1.165, 1.54) is 31.2 Å². The van der Waals surface area contributed by atoms with E-state index in [1.54, 1.807) is 0 Å². The minimum atomic E-state index is 0.274. The highest BCUT2D eigenvalue weighted by Gasteiger charge is 2.20. The van der Waals surface area contributed by atoms with Gasteiger partial charge < -0.3 is 10.6 Å². The summed E-state index contributed by atoms with van der Waals surface area (Å²) < 4.78 is 0. The van der Waals surface area contributed by atoms with E-state index in [-0.39, 0.29) is 6.04 Å². The molecule has 1 aliphatic rings. The van der Waals surface area contributed by atoms with Crippen LogP contribution in [0.5, 0.6) is 0 Å². The van der Waals surface area contributed by atoms with E-state index in [0.717, 1.165) is 18.4 Å². The minimum Gasteiger partial charge on any atom is -0.356 e. The molecule has 0 radical (unpaired) electrons. The molecule has 1 aromatic rings. The standard InChI is InChI=1S/C16H25N3/c1-13(15-8-4-3-5-9-15)19-16(17-2)18-12-6-7-14-10-11-14/h3-5,8-9,13-14H,6-7,10-12H2,1-2H3,(H2,17,18,19). The van der Waals surface area contributed by atoms with Crippen LogP contribution in [0.15, 0.2) is 35.3 Å². The van der Waals surface area contributed by atoms with Crippen molar-refractivity contribution < 1.29 is 0 Å². The molecule has 0 saturated heterocycles. The predicted molar refractivity (Wildman–Crippen MR) is 81.3 cm³/mol. The lowest BCUT2D eigenvalue weighted by Crippen LogP contribution is -2.39. The zero-order valence-corrected chi connectivity index (χ0v) is 12.0. The molecule has 1 atom stereocenters. The molecule has 0 aliphatic heterocycles. The molecule has 0 amide bonds. The van der Waals surface area contributed by atoms with Gasteiger partial charge in [0.1, 0.15) is 0 Å². The second kappa shape index (κ2) is 7.17. The average Bonchev–Trinajstić information content (AvgIpc) is 3.27. The quantitative estimate of drug-likeness (QED) is 0.468. The highest BCUT2D eigenvalue weighted by atomic mass is 15.2. The zero-order valence-electron chi connectivity index (χ0n) is 12.0. The number of rotatable bonds is 6. The van der Waals surface area contributed by atoms with Crippen LogP contribution in [0.4, 0.5) is 0 Å². The van der Waals surface area contributed by atoms with Crippen molar-refractivity contribution in [1.82, 2.24) is 10.6 Å². The SMILES string of the molecule is CN=C(NCCCC1CC1)NC(C)c1ccccc1. The lowest BCUT2D eigenvalue weighted by Gasteiger charge is -2.18. The molecule has 1 unspecified atom stereocenters. The average molecular weight is 259 g/mol. The number of guanidine groups is 1. The summed E-state index contributed by atoms with van der Waals surface area (Å²) in [7, 11) is 1.83. The summed E-state index contributed by atoms with van der Waals surface area (Å²) in [5, 5.41) is 6.82. The number of nitrogens with zero attached hydrogens (tertiary/aromatic N) is 1. The molecule has 104 valence electrons. The topological polar surface area (TPSA) is 36.4 Å². The normalized spacial score (nSPS) is 17.1. The molecule has 1 saturated carbocycles. The van der Waals surface area contributed by atoms with Crippen molar-refractivity contribution in [2.45, 2.75) is 38.6 Å². The highest BCUT2D eigenvalue weighted by Crippen LogP contribution is 2.33. The van der Waals surface area contributed by atoms with Crippen LogP contribution in [-0.2, 0) is 0 Å². The van der Waals surface area contributed by atoms with Gasteiger partial charge in [-0.1, -0.05) is 43.2 Å². The van der Waals surface area contributed by atoms with Gasteiger partial charge in [0, 0.05) is 13.6 Å². The summed E-state index contributed by atoms with van der Waals surface area (Å²) in [6, 6.07) is 10.7. The van der Waals surface area contributed by atoms with Crippen LogP contribution in [0, 0.1) is 5.92 Å². The highest BCUT2D eigenvalue weighted by molar-refractivity contribution is 5.80. The molecule has 0 aromatic heterocycles. The Hall–Kier alpha value is -1.51. The monoisotopic (exact) mass is 259 g/mol. The first-order valence-corrected chi connectivity index (χ1v) is 7.31. The van der Waals surface area contributed by atoms with E-state index in [2.05, 4.69) is 46.8 Å². The van der Waals surface area contributed by atoms with E-state index < -0.39 is 0 Å². The lowest BCUT2D eigenvalue weighted by molar-refractivity contribution is 0.631. The third-order valence-electron chi connectivity index (χ3n) is 3.65. The van der Waals surface area contributed by atoms with Gasteiger partial charge in [-0.25, -0.2) is 0 Å². The summed E-state index contributed by atoms with van der Waals surface area (Å²) in [5.41, 5.74) is 1.28. The molecule has 1 fully saturated rings. The maximum absolute atomic E-state index is 4.28. The van der Waals surface area contributed by atoms with Gasteiger partial charge >= 0.3 is 0 Å². The summed E-state index contributed by atoms with van der Waals surface area (Å²) in [4.78, 5) is 4.28. The number of hydrogen-bond acceptors (Lipinski definition) is 1. The molecule has 2 rings (SSSR count). The molecule has 0 heterocycles. The zero-order chi connectivity index (χ0) is 13.5. The molecule has 19 heavy (non-hydrogen) atoms. The van der Waals surface area contributed by atoms with E-state index in [0.29, 0.717) is 0 Å². The van der Waals surface area contributed by atoms with Crippen LogP contribution >= 0.6 is 0 Å². The molecule has 0 spiro atoms. The molecule has 3 nitrogen and oxygen atoms in total. The molecule has 3 heteroatoms. The Labute approximate surface area is 116 Å². The first-order chi connectivity index (χ1) is 9.29. The first-order valence-electron chi connectivity index (χ1n) is 7.31. The van der Waals surface area contributed by atoms with Crippen molar-refractivity contribution in [1.29, 1.82) is 0 Å². The van der Waals surface area contributed by atoms with E-state index in [9.17, 15) is 0 Å². The lowest BCUT2D eigenvalue weighted by atomic mass is 10.1. The first kappa shape index (κ1) is 13.9. The van der Waals surface area contributed by atoms with Gasteiger partial charge in [-0.05, 0) is 31.2 Å². The maximum atomic E-state index is 4.28. The third kappa shape index (κ3) is 4.93. The van der Waals surface area contributed by atoms with Crippen molar-refractivity contribution in [3.05, 3.63) is 35.9 Å². The Morgan fingerprint density at radius 3 is 2.68 bits per heavy atom. The summed E-state index contributed by atoms with van der Waals surface area (Å²) in [6.45, 7) is 3.17. The minimum absolute atomic E-state index is 0.274. The van der Waals surface area contributed by atoms with E-state index >= 15 is 0 Å². The smallest absolute Gasteiger partial charge is 0.191 e. The van der Waals surface area contributed by atoms with Gasteiger partial charge in [-0.2, -0.15) is 0 Å². The van der Waals surface area contributed by atoms with E-state index in [1.807, 2.05) is 13.1 Å². The summed E-state index contributed by atoms with van der Waals surface area (Å²) >= 11 is 0. The predicted octanol–water partition coefficient (Wildman–Crippen LogP) is 3.10. The molecular weight excluding hydrogens is 234 g/mol. The molecule has 1 aliphatic carbocycles. The molecule has 0 bridgehead atoms. The van der Waals surface area contributed by atoms with Gasteiger partial charge in [-0.3, -0.25) is 4.99 Å². The molecule has 1 aromatic carbocycles. The molecule has 2 N–H and O–H groups in total. The van der Waals surface area contributed by atoms with Crippen molar-refractivity contribution >= 4 is 5.96 Å². The van der Waals surface area contributed by atoms with Gasteiger partial charge in [0.25, 0.3) is 0 Å². The van der Waals surface area contributed by atoms with Crippen LogP contribution in [-0.4, -0.2) is 19.6 Å². The van der Waals surface area contributed by atoms with Crippen molar-refractivity contribution in [2.24, 2.45) is 10.9 Å².